The molecule has 1 aromatic heterocycles. The molecule has 1 aliphatic rings. The Kier molecular flexibility index (Phi) is 9.92. The van der Waals surface area contributed by atoms with Gasteiger partial charge in [-0.1, -0.05) is 42.1 Å². The third-order valence-electron chi connectivity index (χ3n) is 7.21. The van der Waals surface area contributed by atoms with Gasteiger partial charge >= 0.3 is 12.4 Å². The summed E-state index contributed by atoms with van der Waals surface area (Å²) in [6.07, 6.45) is -3.52. The van der Waals surface area contributed by atoms with Gasteiger partial charge in [0.1, 0.15) is 23.7 Å². The zero-order chi connectivity index (χ0) is 35.4. The standard InChI is InChI=1S/C34H25F5N6O4S/c1-20-6-7-23(17-48-16-22-4-2-3-5-26(22)35)29(14-20)45-30(46)18-50-33(45)42-32(47)41-28-13-8-21(15-27(28)36)31-40-19-44(43-31)24-9-11-25(12-10-24)49-34(37,38)39/h2-15,19H,16-18H2,1H3,(H,41,47). The number of rotatable bonds is 9. The average Bonchev–Trinajstić information content (AvgIpc) is 3.70. The van der Waals surface area contributed by atoms with Crippen LogP contribution in [0.5, 0.6) is 5.75 Å². The van der Waals surface area contributed by atoms with E-state index in [1.165, 1.54) is 46.2 Å². The Morgan fingerprint density at radius 2 is 1.72 bits per heavy atom. The number of halogens is 5. The molecule has 0 radical (unpaired) electrons. The molecule has 0 aliphatic carbocycles. The van der Waals surface area contributed by atoms with Gasteiger partial charge in [-0.25, -0.2) is 23.2 Å². The Bertz CT molecular complexity index is 2090. The lowest BCUT2D eigenvalue weighted by Gasteiger charge is -2.20. The molecule has 0 unspecified atom stereocenters. The summed E-state index contributed by atoms with van der Waals surface area (Å²) >= 11 is 1.04. The van der Waals surface area contributed by atoms with E-state index in [0.29, 0.717) is 22.5 Å². The van der Waals surface area contributed by atoms with E-state index in [9.17, 15) is 27.2 Å². The first-order valence-corrected chi connectivity index (χ1v) is 15.8. The van der Waals surface area contributed by atoms with Crippen molar-refractivity contribution in [3.8, 4) is 22.8 Å². The molecule has 1 fully saturated rings. The summed E-state index contributed by atoms with van der Waals surface area (Å²) < 4.78 is 77.5. The normalized spacial score (nSPS) is 14.0. The number of amidine groups is 1. The second-order valence-corrected chi connectivity index (χ2v) is 11.8. The molecule has 0 atom stereocenters. The lowest BCUT2D eigenvalue weighted by atomic mass is 10.1. The minimum absolute atomic E-state index is 0.00627. The quantitative estimate of drug-likeness (QED) is 0.156. The molecule has 256 valence electrons. The van der Waals surface area contributed by atoms with E-state index in [4.69, 9.17) is 4.74 Å². The summed E-state index contributed by atoms with van der Waals surface area (Å²) in [6.45, 7) is 1.89. The average molecular weight is 709 g/mol. The Hall–Kier alpha value is -5.61. The molecule has 1 N–H and O–H groups in total. The molecule has 5 aromatic rings. The highest BCUT2D eigenvalue weighted by molar-refractivity contribution is 8.15. The number of nitrogens with one attached hydrogen (secondary N) is 1. The second-order valence-electron chi connectivity index (χ2n) is 10.8. The van der Waals surface area contributed by atoms with Crippen LogP contribution in [0, 0.1) is 18.6 Å². The van der Waals surface area contributed by atoms with Gasteiger partial charge in [0, 0.05) is 16.7 Å². The fraction of sp³-hybridized carbons (Fsp3) is 0.147. The first-order valence-electron chi connectivity index (χ1n) is 14.8. The first kappa shape index (κ1) is 34.3. The largest absolute Gasteiger partial charge is 0.573 e. The van der Waals surface area contributed by atoms with Crippen molar-refractivity contribution in [1.82, 2.24) is 14.8 Å². The molecule has 1 saturated heterocycles. The Labute approximate surface area is 285 Å². The number of carbonyl (C=O) groups excluding carboxylic acids is 2. The molecule has 2 heterocycles. The first-order chi connectivity index (χ1) is 23.9. The van der Waals surface area contributed by atoms with Gasteiger partial charge in [0.2, 0.25) is 5.91 Å². The minimum atomic E-state index is -4.83. The lowest BCUT2D eigenvalue weighted by Crippen LogP contribution is -2.31. The molecule has 0 spiro atoms. The molecule has 50 heavy (non-hydrogen) atoms. The number of hydrogen-bond donors (Lipinski definition) is 1. The minimum Gasteiger partial charge on any atom is -0.406 e. The lowest BCUT2D eigenvalue weighted by molar-refractivity contribution is -0.274. The Morgan fingerprint density at radius 3 is 2.46 bits per heavy atom. The molecular weight excluding hydrogens is 683 g/mol. The number of amides is 3. The van der Waals surface area contributed by atoms with Gasteiger partial charge in [0.15, 0.2) is 11.0 Å². The fourth-order valence-electron chi connectivity index (χ4n) is 4.88. The van der Waals surface area contributed by atoms with E-state index in [-0.39, 0.29) is 47.1 Å². The van der Waals surface area contributed by atoms with Crippen LogP contribution in [0.3, 0.4) is 0 Å². The summed E-state index contributed by atoms with van der Waals surface area (Å²) in [5, 5.41) is 6.72. The molecule has 4 aromatic carbocycles. The maximum Gasteiger partial charge on any atom is 0.573 e. The van der Waals surface area contributed by atoms with Crippen molar-refractivity contribution >= 4 is 40.2 Å². The number of nitrogens with zero attached hydrogens (tertiary/aromatic N) is 5. The maximum atomic E-state index is 15.1. The zero-order valence-corrected chi connectivity index (χ0v) is 26.8. The van der Waals surface area contributed by atoms with Crippen molar-refractivity contribution in [2.45, 2.75) is 26.5 Å². The molecule has 16 heteroatoms. The van der Waals surface area contributed by atoms with Crippen LogP contribution in [0.4, 0.5) is 38.1 Å². The highest BCUT2D eigenvalue weighted by atomic mass is 32.2. The number of aromatic nitrogens is 3. The van der Waals surface area contributed by atoms with Crippen LogP contribution >= 0.6 is 11.8 Å². The molecular formula is C34H25F5N6O4S. The van der Waals surface area contributed by atoms with Crippen LogP contribution < -0.4 is 15.0 Å². The number of aliphatic imine (C=N–C) groups is 1. The molecule has 3 amide bonds. The summed E-state index contributed by atoms with van der Waals surface area (Å²) in [6, 6.07) is 19.5. The third-order valence-corrected chi connectivity index (χ3v) is 8.14. The molecule has 1 aliphatic heterocycles. The number of ether oxygens (including phenoxy) is 2. The van der Waals surface area contributed by atoms with Crippen LogP contribution in [0.1, 0.15) is 16.7 Å². The number of anilines is 2. The predicted octanol–water partition coefficient (Wildman–Crippen LogP) is 7.80. The van der Waals surface area contributed by atoms with Gasteiger partial charge in [-0.15, -0.1) is 18.3 Å². The number of alkyl halides is 3. The highest BCUT2D eigenvalue weighted by Crippen LogP contribution is 2.32. The van der Waals surface area contributed by atoms with E-state index in [2.05, 4.69) is 25.1 Å². The summed E-state index contributed by atoms with van der Waals surface area (Å²) in [5.41, 5.74) is 2.73. The SMILES string of the molecule is Cc1ccc(COCc2ccccc2F)c(N2C(=O)CSC2=NC(=O)Nc2ccc(-c3ncn(-c4ccc(OC(F)(F)F)cc4)n3)cc2F)c1. The predicted molar refractivity (Wildman–Crippen MR) is 176 cm³/mol. The fourth-order valence-corrected chi connectivity index (χ4v) is 5.74. The van der Waals surface area contributed by atoms with Gasteiger partial charge in [-0.2, -0.15) is 4.99 Å². The number of carbonyl (C=O) groups is 2. The smallest absolute Gasteiger partial charge is 0.406 e. The van der Waals surface area contributed by atoms with Crippen molar-refractivity contribution in [2.24, 2.45) is 4.99 Å². The van der Waals surface area contributed by atoms with Gasteiger partial charge in [-0.05, 0) is 67.1 Å². The third kappa shape index (κ3) is 8.15. The van der Waals surface area contributed by atoms with Crippen LogP contribution in [-0.4, -0.2) is 44.0 Å². The maximum absolute atomic E-state index is 15.1. The second kappa shape index (κ2) is 14.5. The van der Waals surface area contributed by atoms with Gasteiger partial charge in [0.25, 0.3) is 0 Å². The number of hydrogen-bond acceptors (Lipinski definition) is 7. The van der Waals surface area contributed by atoms with Gasteiger partial charge in [-0.3, -0.25) is 9.69 Å². The number of urea groups is 1. The molecule has 10 nitrogen and oxygen atoms in total. The molecule has 0 bridgehead atoms. The van der Waals surface area contributed by atoms with Crippen LogP contribution in [0.25, 0.3) is 17.1 Å². The van der Waals surface area contributed by atoms with Gasteiger partial charge in [0.05, 0.1) is 36.0 Å². The van der Waals surface area contributed by atoms with Crippen molar-refractivity contribution in [3.05, 3.63) is 120 Å². The zero-order valence-electron chi connectivity index (χ0n) is 25.9. The number of benzene rings is 4. The molecule has 6 rings (SSSR count). The van der Waals surface area contributed by atoms with E-state index >= 15 is 4.39 Å². The Balaban J connectivity index is 1.14. The van der Waals surface area contributed by atoms with Crippen molar-refractivity contribution in [3.63, 3.8) is 0 Å². The van der Waals surface area contributed by atoms with E-state index < -0.39 is 29.8 Å². The van der Waals surface area contributed by atoms with E-state index in [1.807, 2.05) is 13.0 Å². The summed E-state index contributed by atoms with van der Waals surface area (Å²) in [4.78, 5) is 35.4. The van der Waals surface area contributed by atoms with E-state index in [1.54, 1.807) is 30.3 Å². The number of aryl methyl sites for hydroxylation is 1. The molecule has 0 saturated carbocycles. The highest BCUT2D eigenvalue weighted by Gasteiger charge is 2.33. The summed E-state index contributed by atoms with van der Waals surface area (Å²) in [5.74, 6) is -1.81. The monoisotopic (exact) mass is 708 g/mol. The summed E-state index contributed by atoms with van der Waals surface area (Å²) in [7, 11) is 0. The van der Waals surface area contributed by atoms with Crippen LogP contribution in [0.2, 0.25) is 0 Å². The topological polar surface area (TPSA) is 111 Å². The number of thioether (sulfide) groups is 1. The van der Waals surface area contributed by atoms with Crippen LogP contribution in [-0.2, 0) is 22.7 Å². The Morgan fingerprint density at radius 1 is 0.960 bits per heavy atom. The van der Waals surface area contributed by atoms with Gasteiger partial charge < -0.3 is 14.8 Å². The van der Waals surface area contributed by atoms with E-state index in [0.717, 1.165) is 35.5 Å². The van der Waals surface area contributed by atoms with Crippen molar-refractivity contribution < 1.29 is 41.0 Å². The van der Waals surface area contributed by atoms with Crippen LogP contribution in [0.15, 0.2) is 96.2 Å². The van der Waals surface area contributed by atoms with Crippen molar-refractivity contribution in [2.75, 3.05) is 16.0 Å². The van der Waals surface area contributed by atoms with Crippen molar-refractivity contribution in [1.29, 1.82) is 0 Å².